The van der Waals surface area contributed by atoms with Gasteiger partial charge in [0.1, 0.15) is 15.7 Å². The number of phenols is 1. The van der Waals surface area contributed by atoms with Gasteiger partial charge >= 0.3 is 5.63 Å². The predicted molar refractivity (Wildman–Crippen MR) is 84.9 cm³/mol. The second-order valence-electron chi connectivity index (χ2n) is 4.46. The lowest BCUT2D eigenvalue weighted by atomic mass is 10.1. The molecule has 1 aliphatic heterocycles. The number of fused-ring (bicyclic) bond motifs is 1. The third kappa shape index (κ3) is 2.58. The van der Waals surface area contributed by atoms with Gasteiger partial charge in [-0.1, -0.05) is 23.5 Å². The van der Waals surface area contributed by atoms with Gasteiger partial charge < -0.3 is 9.52 Å². The zero-order valence-corrected chi connectivity index (χ0v) is 12.5. The Morgan fingerprint density at radius 3 is 3.10 bits per heavy atom. The molecule has 0 atom stereocenters. The van der Waals surface area contributed by atoms with E-state index in [0.29, 0.717) is 16.9 Å². The molecule has 0 amide bonds. The molecule has 0 saturated heterocycles. The highest BCUT2D eigenvalue weighted by Crippen LogP contribution is 2.31. The van der Waals surface area contributed by atoms with E-state index < -0.39 is 0 Å². The van der Waals surface area contributed by atoms with E-state index in [0.717, 1.165) is 27.6 Å². The van der Waals surface area contributed by atoms with E-state index >= 15 is 0 Å². The molecule has 4 nitrogen and oxygen atoms in total. The average molecular weight is 307 g/mol. The smallest absolute Gasteiger partial charge is 0.336 e. The summed E-state index contributed by atoms with van der Waals surface area (Å²) in [7, 11) is 0. The van der Waals surface area contributed by atoms with E-state index in [4.69, 9.17) is 4.42 Å². The van der Waals surface area contributed by atoms with Crippen LogP contribution in [0.3, 0.4) is 0 Å². The van der Waals surface area contributed by atoms with Crippen LogP contribution in [0.1, 0.15) is 11.1 Å². The molecular weight excluding hydrogens is 294 g/mol. The number of hydrogen-bond donors (Lipinski definition) is 1. The maximum Gasteiger partial charge on any atom is 0.336 e. The van der Waals surface area contributed by atoms with Crippen molar-refractivity contribution in [1.82, 2.24) is 0 Å². The highest BCUT2D eigenvalue weighted by atomic mass is 32.2. The number of aromatic hydroxyl groups is 1. The first-order chi connectivity index (χ1) is 9.65. The van der Waals surface area contributed by atoms with E-state index in [1.165, 1.54) is 6.07 Å². The Bertz CT molecular complexity index is 752. The minimum atomic E-state index is -0.386. The molecule has 1 N–H and O–H groups in total. The minimum absolute atomic E-state index is 0.140. The van der Waals surface area contributed by atoms with Crippen LogP contribution in [0.15, 0.2) is 32.4 Å². The molecule has 0 aliphatic carbocycles. The van der Waals surface area contributed by atoms with Gasteiger partial charge in [0.15, 0.2) is 0 Å². The van der Waals surface area contributed by atoms with Crippen molar-refractivity contribution in [2.24, 2.45) is 4.99 Å². The molecule has 1 aromatic carbocycles. The molecular formula is C14H13NO3S2. The van der Waals surface area contributed by atoms with Gasteiger partial charge in [-0.2, -0.15) is 0 Å². The first-order valence-electron chi connectivity index (χ1n) is 6.20. The Balaban J connectivity index is 2.01. The SMILES string of the molecule is Cc1c(O)ccc2c(CSC3=NCCS3)cc(=O)oc12. The number of aliphatic imine (C=N–C) groups is 1. The summed E-state index contributed by atoms with van der Waals surface area (Å²) in [5, 5.41) is 10.6. The highest BCUT2D eigenvalue weighted by molar-refractivity contribution is 8.38. The van der Waals surface area contributed by atoms with Crippen molar-refractivity contribution >= 4 is 38.9 Å². The lowest BCUT2D eigenvalue weighted by Crippen LogP contribution is -2.01. The fourth-order valence-electron chi connectivity index (χ4n) is 2.08. The van der Waals surface area contributed by atoms with Crippen molar-refractivity contribution in [3.63, 3.8) is 0 Å². The van der Waals surface area contributed by atoms with Crippen LogP contribution < -0.4 is 5.63 Å². The minimum Gasteiger partial charge on any atom is -0.508 e. The molecule has 0 fully saturated rings. The van der Waals surface area contributed by atoms with Crippen molar-refractivity contribution in [3.05, 3.63) is 39.7 Å². The number of phenolic OH excluding ortho intramolecular Hbond substituents is 1. The molecule has 0 unspecified atom stereocenters. The van der Waals surface area contributed by atoms with Crippen LogP contribution in [0.25, 0.3) is 11.0 Å². The zero-order valence-electron chi connectivity index (χ0n) is 10.9. The Hall–Kier alpha value is -1.40. The van der Waals surface area contributed by atoms with E-state index in [1.54, 1.807) is 42.6 Å². The number of nitrogens with zero attached hydrogens (tertiary/aromatic N) is 1. The molecule has 20 heavy (non-hydrogen) atoms. The van der Waals surface area contributed by atoms with Gasteiger partial charge in [0, 0.05) is 28.5 Å². The lowest BCUT2D eigenvalue weighted by Gasteiger charge is -2.07. The Morgan fingerprint density at radius 1 is 1.50 bits per heavy atom. The van der Waals surface area contributed by atoms with Gasteiger partial charge in [0.2, 0.25) is 0 Å². The largest absolute Gasteiger partial charge is 0.508 e. The third-order valence-electron chi connectivity index (χ3n) is 3.13. The molecule has 0 bridgehead atoms. The van der Waals surface area contributed by atoms with E-state index in [2.05, 4.69) is 4.99 Å². The Labute approximate surface area is 124 Å². The quantitative estimate of drug-likeness (QED) is 0.864. The Kier molecular flexibility index (Phi) is 3.76. The first kappa shape index (κ1) is 13.6. The van der Waals surface area contributed by atoms with E-state index in [1.807, 2.05) is 0 Å². The summed E-state index contributed by atoms with van der Waals surface area (Å²) in [6.45, 7) is 2.62. The number of rotatable bonds is 2. The first-order valence-corrected chi connectivity index (χ1v) is 8.17. The predicted octanol–water partition coefficient (Wildman–Crippen LogP) is 3.14. The van der Waals surface area contributed by atoms with Crippen LogP contribution in [-0.4, -0.2) is 21.8 Å². The van der Waals surface area contributed by atoms with Crippen molar-refractivity contribution in [3.8, 4) is 5.75 Å². The van der Waals surface area contributed by atoms with Crippen LogP contribution >= 0.6 is 23.5 Å². The standard InChI is InChI=1S/C14H13NO3S2/c1-8-11(16)3-2-10-9(6-12(17)18-13(8)10)7-20-14-15-4-5-19-14/h2-3,6,16H,4-5,7H2,1H3. The van der Waals surface area contributed by atoms with E-state index in [9.17, 15) is 9.90 Å². The second-order valence-corrected chi connectivity index (χ2v) is 6.77. The number of thioether (sulfide) groups is 2. The molecule has 104 valence electrons. The van der Waals surface area contributed by atoms with Gasteiger partial charge in [-0.05, 0) is 24.6 Å². The van der Waals surface area contributed by atoms with Gasteiger partial charge in [0.05, 0.1) is 6.54 Å². The molecule has 3 rings (SSSR count). The summed E-state index contributed by atoms with van der Waals surface area (Å²) < 4.78 is 6.30. The van der Waals surface area contributed by atoms with Crippen LogP contribution in [0.4, 0.5) is 0 Å². The normalized spacial score (nSPS) is 14.8. The van der Waals surface area contributed by atoms with Crippen molar-refractivity contribution in [2.75, 3.05) is 12.3 Å². The number of benzene rings is 1. The summed E-state index contributed by atoms with van der Waals surface area (Å²) in [5.41, 5.74) is 1.59. The summed E-state index contributed by atoms with van der Waals surface area (Å²) >= 11 is 3.39. The van der Waals surface area contributed by atoms with Crippen molar-refractivity contribution in [1.29, 1.82) is 0 Å². The molecule has 1 aromatic heterocycles. The van der Waals surface area contributed by atoms with Crippen LogP contribution in [0.2, 0.25) is 0 Å². The Morgan fingerprint density at radius 2 is 2.35 bits per heavy atom. The van der Waals surface area contributed by atoms with Crippen LogP contribution in [-0.2, 0) is 5.75 Å². The number of hydrogen-bond acceptors (Lipinski definition) is 6. The summed E-state index contributed by atoms with van der Waals surface area (Å²) in [4.78, 5) is 16.1. The fraction of sp³-hybridized carbons (Fsp3) is 0.286. The van der Waals surface area contributed by atoms with Crippen LogP contribution in [0.5, 0.6) is 5.75 Å². The summed E-state index contributed by atoms with van der Waals surface area (Å²) in [6, 6.07) is 4.94. The molecule has 6 heteroatoms. The fourth-order valence-corrected chi connectivity index (χ4v) is 4.08. The van der Waals surface area contributed by atoms with Crippen molar-refractivity contribution < 1.29 is 9.52 Å². The van der Waals surface area contributed by atoms with Gasteiger partial charge in [-0.15, -0.1) is 0 Å². The molecule has 0 radical (unpaired) electrons. The van der Waals surface area contributed by atoms with Crippen LogP contribution in [0, 0.1) is 6.92 Å². The molecule has 1 aliphatic rings. The monoisotopic (exact) mass is 307 g/mol. The number of aryl methyl sites for hydroxylation is 1. The maximum atomic E-state index is 11.7. The molecule has 0 saturated carbocycles. The molecule has 0 spiro atoms. The highest BCUT2D eigenvalue weighted by Gasteiger charge is 2.13. The maximum absolute atomic E-state index is 11.7. The zero-order chi connectivity index (χ0) is 14.1. The summed E-state index contributed by atoms with van der Waals surface area (Å²) in [6.07, 6.45) is 0. The topological polar surface area (TPSA) is 62.8 Å². The second kappa shape index (κ2) is 5.54. The van der Waals surface area contributed by atoms with Gasteiger partial charge in [-0.3, -0.25) is 4.99 Å². The average Bonchev–Trinajstić information content (AvgIpc) is 2.94. The van der Waals surface area contributed by atoms with E-state index in [-0.39, 0.29) is 11.4 Å². The molecule has 2 heterocycles. The summed E-state index contributed by atoms with van der Waals surface area (Å²) in [5.74, 6) is 1.85. The lowest BCUT2D eigenvalue weighted by molar-refractivity contribution is 0.468. The molecule has 2 aromatic rings. The van der Waals surface area contributed by atoms with Gasteiger partial charge in [0.25, 0.3) is 0 Å². The van der Waals surface area contributed by atoms with Crippen molar-refractivity contribution in [2.45, 2.75) is 12.7 Å². The van der Waals surface area contributed by atoms with Gasteiger partial charge in [-0.25, -0.2) is 4.79 Å². The third-order valence-corrected chi connectivity index (χ3v) is 5.43.